The van der Waals surface area contributed by atoms with Crippen LogP contribution >= 0.6 is 0 Å². The summed E-state index contributed by atoms with van der Waals surface area (Å²) in [4.78, 5) is 10.5. The molecule has 0 aliphatic rings. The van der Waals surface area contributed by atoms with E-state index in [4.69, 9.17) is 10.5 Å². The van der Waals surface area contributed by atoms with E-state index in [1.807, 2.05) is 24.3 Å². The van der Waals surface area contributed by atoms with Crippen molar-refractivity contribution >= 4 is 11.7 Å². The van der Waals surface area contributed by atoms with E-state index in [2.05, 4.69) is 17.5 Å². The molecule has 0 radical (unpaired) electrons. The molecule has 5 nitrogen and oxygen atoms in total. The zero-order valence-electron chi connectivity index (χ0n) is 10.1. The van der Waals surface area contributed by atoms with Gasteiger partial charge in [0.2, 0.25) is 0 Å². The molecule has 17 heavy (non-hydrogen) atoms. The molecule has 0 aliphatic heterocycles. The van der Waals surface area contributed by atoms with Gasteiger partial charge in [0.25, 0.3) is 0 Å². The van der Waals surface area contributed by atoms with Crippen molar-refractivity contribution in [1.82, 2.24) is 5.43 Å². The average Bonchev–Trinajstić information content (AvgIpc) is 2.34. The number of amides is 2. The number of rotatable bonds is 5. The molecule has 0 fully saturated rings. The van der Waals surface area contributed by atoms with Crippen molar-refractivity contribution in [3.8, 4) is 5.75 Å². The summed E-state index contributed by atoms with van der Waals surface area (Å²) in [6, 6.07) is 6.83. The summed E-state index contributed by atoms with van der Waals surface area (Å²) in [6.07, 6.45) is 0.977. The zero-order valence-corrected chi connectivity index (χ0v) is 10.1. The third-order valence-electron chi connectivity index (χ3n) is 2.08. The highest BCUT2D eigenvalue weighted by Crippen LogP contribution is 2.12. The van der Waals surface area contributed by atoms with Crippen molar-refractivity contribution in [2.24, 2.45) is 10.8 Å². The monoisotopic (exact) mass is 235 g/mol. The molecule has 1 aromatic carbocycles. The number of nitrogens with zero attached hydrogens (tertiary/aromatic N) is 1. The maximum absolute atomic E-state index is 10.5. The fourth-order valence-corrected chi connectivity index (χ4v) is 1.22. The first kappa shape index (κ1) is 13.0. The number of nitrogens with two attached hydrogens (primary N) is 1. The molecule has 0 atom stereocenters. The molecule has 1 aromatic rings. The van der Waals surface area contributed by atoms with Gasteiger partial charge in [0.15, 0.2) is 0 Å². The zero-order chi connectivity index (χ0) is 12.7. The minimum absolute atomic E-state index is 0.674. The van der Waals surface area contributed by atoms with Crippen LogP contribution in [0.25, 0.3) is 0 Å². The number of hydrazone groups is 1. The number of benzene rings is 1. The second-order valence-corrected chi connectivity index (χ2v) is 3.55. The lowest BCUT2D eigenvalue weighted by Gasteiger charge is -2.05. The van der Waals surface area contributed by atoms with E-state index in [0.29, 0.717) is 12.3 Å². The molecule has 0 saturated heterocycles. The van der Waals surface area contributed by atoms with Crippen molar-refractivity contribution in [3.05, 3.63) is 29.8 Å². The number of ether oxygens (including phenoxy) is 1. The van der Waals surface area contributed by atoms with Crippen LogP contribution in [0.15, 0.2) is 29.4 Å². The number of carbonyl (C=O) groups excluding carboxylic acids is 1. The highest BCUT2D eigenvalue weighted by molar-refractivity contribution is 5.99. The summed E-state index contributed by atoms with van der Waals surface area (Å²) >= 11 is 0. The van der Waals surface area contributed by atoms with Gasteiger partial charge in [-0.25, -0.2) is 10.2 Å². The number of hydrogen-bond donors (Lipinski definition) is 2. The SMILES string of the molecule is CCCOc1ccc(/C(C)=N/NC(N)=O)cc1. The Balaban J connectivity index is 2.66. The van der Waals surface area contributed by atoms with Gasteiger partial charge in [0, 0.05) is 0 Å². The van der Waals surface area contributed by atoms with Crippen molar-refractivity contribution in [1.29, 1.82) is 0 Å². The van der Waals surface area contributed by atoms with Gasteiger partial charge in [0.05, 0.1) is 12.3 Å². The second-order valence-electron chi connectivity index (χ2n) is 3.55. The Bertz CT molecular complexity index is 399. The fourth-order valence-electron chi connectivity index (χ4n) is 1.22. The van der Waals surface area contributed by atoms with Crippen LogP contribution in [-0.4, -0.2) is 18.3 Å². The molecule has 0 bridgehead atoms. The molecule has 0 heterocycles. The number of primary amides is 1. The van der Waals surface area contributed by atoms with Crippen LogP contribution in [0.5, 0.6) is 5.75 Å². The van der Waals surface area contributed by atoms with Gasteiger partial charge in [-0.1, -0.05) is 6.92 Å². The highest BCUT2D eigenvalue weighted by atomic mass is 16.5. The number of hydrogen-bond acceptors (Lipinski definition) is 3. The first-order valence-corrected chi connectivity index (χ1v) is 5.46. The lowest BCUT2D eigenvalue weighted by Crippen LogP contribution is -2.25. The number of urea groups is 1. The van der Waals surface area contributed by atoms with Gasteiger partial charge >= 0.3 is 6.03 Å². The first-order chi connectivity index (χ1) is 8.13. The summed E-state index contributed by atoms with van der Waals surface area (Å²) in [7, 11) is 0. The quantitative estimate of drug-likeness (QED) is 0.603. The average molecular weight is 235 g/mol. The molecule has 2 amide bonds. The predicted octanol–water partition coefficient (Wildman–Crippen LogP) is 1.87. The molecule has 5 heteroatoms. The lowest BCUT2D eigenvalue weighted by atomic mass is 10.1. The number of nitrogens with one attached hydrogen (secondary N) is 1. The van der Waals surface area contributed by atoms with E-state index >= 15 is 0 Å². The Kier molecular flexibility index (Phi) is 5.00. The van der Waals surface area contributed by atoms with Crippen LogP contribution in [0, 0.1) is 0 Å². The second kappa shape index (κ2) is 6.52. The minimum Gasteiger partial charge on any atom is -0.494 e. The van der Waals surface area contributed by atoms with Crippen molar-refractivity contribution < 1.29 is 9.53 Å². The van der Waals surface area contributed by atoms with Gasteiger partial charge in [-0.15, -0.1) is 0 Å². The van der Waals surface area contributed by atoms with E-state index in [1.165, 1.54) is 0 Å². The Labute approximate surface area is 101 Å². The summed E-state index contributed by atoms with van der Waals surface area (Å²) in [5, 5.41) is 3.84. The summed E-state index contributed by atoms with van der Waals surface area (Å²) in [5.74, 6) is 0.825. The Hall–Kier alpha value is -2.04. The largest absolute Gasteiger partial charge is 0.494 e. The third kappa shape index (κ3) is 4.55. The standard InChI is InChI=1S/C12H17N3O2/c1-3-8-17-11-6-4-10(5-7-11)9(2)14-15-12(13)16/h4-7H,3,8H2,1-2H3,(H3,13,15,16)/b14-9+. The maximum atomic E-state index is 10.5. The number of carbonyl (C=O) groups is 1. The molecule has 3 N–H and O–H groups in total. The van der Waals surface area contributed by atoms with Gasteiger partial charge in [-0.05, 0) is 43.2 Å². The van der Waals surface area contributed by atoms with Gasteiger partial charge in [0.1, 0.15) is 5.75 Å². The van der Waals surface area contributed by atoms with Crippen LogP contribution in [0.2, 0.25) is 0 Å². The smallest absolute Gasteiger partial charge is 0.332 e. The van der Waals surface area contributed by atoms with E-state index < -0.39 is 6.03 Å². The normalized spacial score (nSPS) is 11.1. The molecule has 0 aromatic heterocycles. The lowest BCUT2D eigenvalue weighted by molar-refractivity contribution is 0.249. The van der Waals surface area contributed by atoms with E-state index in [-0.39, 0.29) is 0 Å². The molecular formula is C12H17N3O2. The molecular weight excluding hydrogens is 218 g/mol. The van der Waals surface area contributed by atoms with E-state index in [9.17, 15) is 4.79 Å². The van der Waals surface area contributed by atoms with E-state index in [1.54, 1.807) is 6.92 Å². The van der Waals surface area contributed by atoms with E-state index in [0.717, 1.165) is 17.7 Å². The topological polar surface area (TPSA) is 76.7 Å². The fraction of sp³-hybridized carbons (Fsp3) is 0.333. The Morgan fingerprint density at radius 1 is 1.41 bits per heavy atom. The van der Waals surface area contributed by atoms with Crippen molar-refractivity contribution in [3.63, 3.8) is 0 Å². The highest BCUT2D eigenvalue weighted by Gasteiger charge is 1.99. The minimum atomic E-state index is -0.674. The molecule has 0 unspecified atom stereocenters. The Morgan fingerprint density at radius 3 is 2.59 bits per heavy atom. The van der Waals surface area contributed by atoms with Gasteiger partial charge in [-0.3, -0.25) is 0 Å². The van der Waals surface area contributed by atoms with Crippen molar-refractivity contribution in [2.45, 2.75) is 20.3 Å². The summed E-state index contributed by atoms with van der Waals surface area (Å²) < 4.78 is 5.46. The van der Waals surface area contributed by atoms with Crippen LogP contribution in [0.4, 0.5) is 4.79 Å². The summed E-state index contributed by atoms with van der Waals surface area (Å²) in [6.45, 7) is 4.55. The van der Waals surface area contributed by atoms with Crippen LogP contribution in [0.3, 0.4) is 0 Å². The molecule has 0 spiro atoms. The van der Waals surface area contributed by atoms with Crippen LogP contribution in [-0.2, 0) is 0 Å². The predicted molar refractivity (Wildman–Crippen MR) is 67.2 cm³/mol. The van der Waals surface area contributed by atoms with Gasteiger partial charge < -0.3 is 10.5 Å². The first-order valence-electron chi connectivity index (χ1n) is 5.46. The van der Waals surface area contributed by atoms with Crippen LogP contribution in [0.1, 0.15) is 25.8 Å². The summed E-state index contributed by atoms with van der Waals surface area (Å²) in [5.41, 5.74) is 8.70. The molecule has 0 aliphatic carbocycles. The van der Waals surface area contributed by atoms with Crippen molar-refractivity contribution in [2.75, 3.05) is 6.61 Å². The maximum Gasteiger partial charge on any atom is 0.332 e. The third-order valence-corrected chi connectivity index (χ3v) is 2.08. The Morgan fingerprint density at radius 2 is 2.06 bits per heavy atom. The molecule has 0 saturated carbocycles. The van der Waals surface area contributed by atoms with Crippen LogP contribution < -0.4 is 15.9 Å². The van der Waals surface area contributed by atoms with Gasteiger partial charge in [-0.2, -0.15) is 5.10 Å². The molecule has 92 valence electrons. The molecule has 1 rings (SSSR count).